The van der Waals surface area contributed by atoms with Gasteiger partial charge in [-0.25, -0.2) is 4.79 Å². The number of aromatic nitrogens is 4. The van der Waals surface area contributed by atoms with Gasteiger partial charge in [0, 0.05) is 19.6 Å². The maximum Gasteiger partial charge on any atom is 0.410 e. The highest BCUT2D eigenvalue weighted by atomic mass is 16.6. The van der Waals surface area contributed by atoms with Crippen molar-refractivity contribution in [2.24, 2.45) is 5.92 Å². The molecule has 36 heavy (non-hydrogen) atoms. The third-order valence-electron chi connectivity index (χ3n) is 6.59. The largest absolute Gasteiger partial charge is 0.468 e. The number of hydrogen-bond acceptors (Lipinski definition) is 8. The number of hydrogen-bond donors (Lipinski definition) is 1. The Morgan fingerprint density at radius 1 is 1.17 bits per heavy atom. The Balaban J connectivity index is 1.35. The van der Waals surface area contributed by atoms with E-state index in [-0.39, 0.29) is 24.0 Å². The number of fused-ring (bicyclic) bond motifs is 1. The minimum absolute atomic E-state index is 0.00492. The standard InChI is InChI=1S/C26H36N6O4/c1-4-8-18(2)36-24-29-22(27)21-23(30-24)32(25(28-21)34-3)16-13-19-11-14-31(15-12-19)26(33)35-17-20-9-6-5-7-10-20/h5-7,9-10,18-19H,4,8,11-17H2,1-3H3,(H2,27,29,30). The highest BCUT2D eigenvalue weighted by Gasteiger charge is 2.25. The van der Waals surface area contributed by atoms with E-state index in [1.807, 2.05) is 41.8 Å². The first-order valence-electron chi connectivity index (χ1n) is 12.7. The number of benzene rings is 1. The lowest BCUT2D eigenvalue weighted by atomic mass is 9.94. The van der Waals surface area contributed by atoms with Crippen LogP contribution in [0.2, 0.25) is 0 Å². The van der Waals surface area contributed by atoms with Gasteiger partial charge in [-0.05, 0) is 44.1 Å². The van der Waals surface area contributed by atoms with Crippen molar-refractivity contribution < 1.29 is 19.0 Å². The van der Waals surface area contributed by atoms with E-state index in [4.69, 9.17) is 19.9 Å². The molecular weight excluding hydrogens is 460 g/mol. The molecule has 0 aliphatic carbocycles. The van der Waals surface area contributed by atoms with E-state index in [9.17, 15) is 4.79 Å². The van der Waals surface area contributed by atoms with Gasteiger partial charge in [-0.1, -0.05) is 43.7 Å². The number of anilines is 1. The van der Waals surface area contributed by atoms with Crippen LogP contribution in [0.15, 0.2) is 30.3 Å². The smallest absolute Gasteiger partial charge is 0.410 e. The van der Waals surface area contributed by atoms with Gasteiger partial charge in [-0.15, -0.1) is 0 Å². The highest BCUT2D eigenvalue weighted by molar-refractivity contribution is 5.83. The Hall–Kier alpha value is -3.56. The number of imidazole rings is 1. The van der Waals surface area contributed by atoms with Crippen LogP contribution in [0.25, 0.3) is 11.2 Å². The Morgan fingerprint density at radius 2 is 1.92 bits per heavy atom. The number of ether oxygens (including phenoxy) is 3. The molecule has 10 heteroatoms. The third-order valence-corrected chi connectivity index (χ3v) is 6.59. The molecular formula is C26H36N6O4. The molecule has 1 atom stereocenters. The number of piperidine rings is 1. The minimum Gasteiger partial charge on any atom is -0.468 e. The summed E-state index contributed by atoms with van der Waals surface area (Å²) in [5.74, 6) is 0.739. The molecule has 0 spiro atoms. The molecule has 1 amide bonds. The lowest BCUT2D eigenvalue weighted by Crippen LogP contribution is -2.39. The summed E-state index contributed by atoms with van der Waals surface area (Å²) in [5, 5.41) is 0. The van der Waals surface area contributed by atoms with Crippen LogP contribution in [0.3, 0.4) is 0 Å². The molecule has 1 aliphatic heterocycles. The lowest BCUT2D eigenvalue weighted by Gasteiger charge is -2.31. The molecule has 1 unspecified atom stereocenters. The molecule has 1 fully saturated rings. The quantitative estimate of drug-likeness (QED) is 0.438. The summed E-state index contributed by atoms with van der Waals surface area (Å²) in [5.41, 5.74) is 8.29. The van der Waals surface area contributed by atoms with Gasteiger partial charge in [0.2, 0.25) is 0 Å². The second-order valence-electron chi connectivity index (χ2n) is 9.29. The molecule has 1 aliphatic rings. The molecule has 1 aromatic carbocycles. The summed E-state index contributed by atoms with van der Waals surface area (Å²) in [6, 6.07) is 10.4. The summed E-state index contributed by atoms with van der Waals surface area (Å²) in [4.78, 5) is 27.7. The van der Waals surface area contributed by atoms with Crippen molar-refractivity contribution >= 4 is 23.1 Å². The van der Waals surface area contributed by atoms with Crippen molar-refractivity contribution in [1.29, 1.82) is 0 Å². The fourth-order valence-electron chi connectivity index (χ4n) is 4.56. The average molecular weight is 497 g/mol. The molecule has 3 aromatic rings. The minimum atomic E-state index is -0.253. The molecule has 2 aromatic heterocycles. The van der Waals surface area contributed by atoms with Gasteiger partial charge in [0.15, 0.2) is 17.0 Å². The number of carbonyl (C=O) groups excluding carboxylic acids is 1. The SMILES string of the molecule is CCCC(C)Oc1nc(N)c2nc(OC)n(CCC3CCN(C(=O)OCc4ccccc4)CC3)c2n1. The number of methoxy groups -OCH3 is 1. The monoisotopic (exact) mass is 496 g/mol. The van der Waals surface area contributed by atoms with E-state index < -0.39 is 0 Å². The molecule has 194 valence electrons. The first-order chi connectivity index (χ1) is 17.5. The van der Waals surface area contributed by atoms with Gasteiger partial charge in [0.25, 0.3) is 6.01 Å². The van der Waals surface area contributed by atoms with Crippen LogP contribution >= 0.6 is 0 Å². The van der Waals surface area contributed by atoms with Crippen molar-refractivity contribution in [1.82, 2.24) is 24.4 Å². The Bertz CT molecular complexity index is 1140. The number of rotatable bonds is 10. The molecule has 2 N–H and O–H groups in total. The fraction of sp³-hybridized carbons (Fsp3) is 0.538. The first-order valence-corrected chi connectivity index (χ1v) is 12.7. The number of carbonyl (C=O) groups is 1. The Kier molecular flexibility index (Phi) is 8.45. The molecule has 0 radical (unpaired) electrons. The zero-order valence-corrected chi connectivity index (χ0v) is 21.4. The van der Waals surface area contributed by atoms with Gasteiger partial charge in [0.05, 0.1) is 13.2 Å². The second-order valence-corrected chi connectivity index (χ2v) is 9.29. The predicted octanol–water partition coefficient (Wildman–Crippen LogP) is 4.42. The Labute approximate surface area is 211 Å². The molecule has 10 nitrogen and oxygen atoms in total. The van der Waals surface area contributed by atoms with Gasteiger partial charge in [-0.3, -0.25) is 4.57 Å². The predicted molar refractivity (Wildman–Crippen MR) is 137 cm³/mol. The molecule has 0 bridgehead atoms. The number of amides is 1. The number of nitrogens with two attached hydrogens (primary N) is 1. The van der Waals surface area contributed by atoms with Gasteiger partial charge >= 0.3 is 12.1 Å². The summed E-state index contributed by atoms with van der Waals surface area (Å²) < 4.78 is 18.8. The van der Waals surface area contributed by atoms with Crippen LogP contribution in [0, 0.1) is 5.92 Å². The van der Waals surface area contributed by atoms with E-state index in [0.717, 1.165) is 37.7 Å². The lowest BCUT2D eigenvalue weighted by molar-refractivity contribution is 0.0811. The molecule has 1 saturated heterocycles. The Morgan fingerprint density at radius 3 is 2.61 bits per heavy atom. The summed E-state index contributed by atoms with van der Waals surface area (Å²) >= 11 is 0. The van der Waals surface area contributed by atoms with E-state index in [1.165, 1.54) is 0 Å². The first kappa shape index (κ1) is 25.5. The zero-order valence-electron chi connectivity index (χ0n) is 21.4. The zero-order chi connectivity index (χ0) is 25.5. The molecule has 0 saturated carbocycles. The van der Waals surface area contributed by atoms with Gasteiger partial charge < -0.3 is 24.8 Å². The number of nitrogen functional groups attached to an aromatic ring is 1. The maximum atomic E-state index is 12.5. The van der Waals surface area contributed by atoms with Crippen molar-refractivity contribution in [2.45, 2.75) is 65.2 Å². The van der Waals surface area contributed by atoms with Crippen LogP contribution < -0.4 is 15.2 Å². The van der Waals surface area contributed by atoms with E-state index in [0.29, 0.717) is 49.3 Å². The summed E-state index contributed by atoms with van der Waals surface area (Å²) in [6.07, 6.45) is 4.38. The van der Waals surface area contributed by atoms with Crippen molar-refractivity contribution in [3.8, 4) is 12.0 Å². The maximum absolute atomic E-state index is 12.5. The molecule has 4 rings (SSSR count). The number of aryl methyl sites for hydroxylation is 1. The van der Waals surface area contributed by atoms with E-state index in [2.05, 4.69) is 21.9 Å². The van der Waals surface area contributed by atoms with Gasteiger partial charge in [-0.2, -0.15) is 15.0 Å². The fourth-order valence-corrected chi connectivity index (χ4v) is 4.56. The van der Waals surface area contributed by atoms with E-state index in [1.54, 1.807) is 12.0 Å². The number of nitrogens with zero attached hydrogens (tertiary/aromatic N) is 5. The van der Waals surface area contributed by atoms with Crippen LogP contribution in [0.5, 0.6) is 12.0 Å². The second kappa shape index (κ2) is 11.9. The summed E-state index contributed by atoms with van der Waals surface area (Å²) in [7, 11) is 1.58. The van der Waals surface area contributed by atoms with Crippen LogP contribution in [-0.2, 0) is 17.9 Å². The van der Waals surface area contributed by atoms with Crippen molar-refractivity contribution in [3.63, 3.8) is 0 Å². The summed E-state index contributed by atoms with van der Waals surface area (Å²) in [6.45, 7) is 6.43. The normalized spacial score (nSPS) is 15.1. The van der Waals surface area contributed by atoms with Crippen molar-refractivity contribution in [2.75, 3.05) is 25.9 Å². The van der Waals surface area contributed by atoms with E-state index >= 15 is 0 Å². The van der Waals surface area contributed by atoms with Crippen molar-refractivity contribution in [3.05, 3.63) is 35.9 Å². The van der Waals surface area contributed by atoms with Crippen LogP contribution in [0.1, 0.15) is 51.5 Å². The number of likely N-dealkylation sites (tertiary alicyclic amines) is 1. The molecule has 3 heterocycles. The van der Waals surface area contributed by atoms with Gasteiger partial charge in [0.1, 0.15) is 6.61 Å². The topological polar surface area (TPSA) is 118 Å². The average Bonchev–Trinajstić information content (AvgIpc) is 3.25. The highest BCUT2D eigenvalue weighted by Crippen LogP contribution is 2.28. The third kappa shape index (κ3) is 6.16. The van der Waals surface area contributed by atoms with Crippen LogP contribution in [-0.4, -0.2) is 56.8 Å². The van der Waals surface area contributed by atoms with Crippen LogP contribution in [0.4, 0.5) is 10.6 Å².